The number of carbonyl (C=O) groups excluding carboxylic acids is 2. The Morgan fingerprint density at radius 1 is 0.667 bits per heavy atom. The van der Waals surface area contributed by atoms with Crippen molar-refractivity contribution in [3.05, 3.63) is 0 Å². The molecule has 39 heavy (non-hydrogen) atoms. The molecule has 0 spiro atoms. The standard InChI is InChI=1S/C22H38N2O15/c1-6-13(29)16(32)11(23-7(2)27)21(35-6)38-18-12(24-8(3)28)22(37-10(5-26)15(18)31)39-19-17(33)14(30)9(4-25)36-20(19)34/h6,9-22,25-26,29-34H,4-5H2,1-3H3,(H,23,27)(H,24,28)/t6-,9+,10+,11-,12+,13+,14-,15+,16-,17-,18+,19+,20+,21-,22-/m0/s1. The number of aliphatic hydroxyl groups is 8. The molecule has 0 aliphatic carbocycles. The van der Waals surface area contributed by atoms with E-state index < -0.39 is 117 Å². The van der Waals surface area contributed by atoms with Crippen LogP contribution in [0, 0.1) is 0 Å². The third kappa shape index (κ3) is 7.02. The SMILES string of the molecule is CC(=O)N[C@@H]1[C@H](O[C@H]2[C@H](O)[C@@H](CO)O[C@@H](O[C@@H]3[C@@H](O)[C@@H](O)[C@@H](CO)O[C@H]3O)[C@@H]2NC(C)=O)O[C@@H](C)[C@@H](O)[C@H]1O. The van der Waals surface area contributed by atoms with E-state index in [1.54, 1.807) is 0 Å². The summed E-state index contributed by atoms with van der Waals surface area (Å²) in [4.78, 5) is 23.9. The summed E-state index contributed by atoms with van der Waals surface area (Å²) in [5.41, 5.74) is 0. The largest absolute Gasteiger partial charge is 0.394 e. The van der Waals surface area contributed by atoms with Crippen molar-refractivity contribution in [2.24, 2.45) is 0 Å². The van der Waals surface area contributed by atoms with Crippen LogP contribution in [-0.2, 0) is 33.3 Å². The molecule has 3 rings (SSSR count). The quantitative estimate of drug-likeness (QED) is 0.130. The second kappa shape index (κ2) is 13.4. The van der Waals surface area contributed by atoms with E-state index in [2.05, 4.69) is 10.6 Å². The van der Waals surface area contributed by atoms with Gasteiger partial charge in [0, 0.05) is 13.8 Å². The van der Waals surface area contributed by atoms with Gasteiger partial charge in [0.25, 0.3) is 0 Å². The number of amides is 2. The van der Waals surface area contributed by atoms with Crippen LogP contribution in [0.2, 0.25) is 0 Å². The number of rotatable bonds is 8. The van der Waals surface area contributed by atoms with Gasteiger partial charge in [-0.05, 0) is 6.92 Å². The van der Waals surface area contributed by atoms with Gasteiger partial charge >= 0.3 is 0 Å². The van der Waals surface area contributed by atoms with E-state index in [1.807, 2.05) is 0 Å². The van der Waals surface area contributed by atoms with Gasteiger partial charge in [-0.15, -0.1) is 0 Å². The summed E-state index contributed by atoms with van der Waals surface area (Å²) >= 11 is 0. The highest BCUT2D eigenvalue weighted by Gasteiger charge is 2.54. The average molecular weight is 571 g/mol. The van der Waals surface area contributed by atoms with Gasteiger partial charge < -0.3 is 75.2 Å². The van der Waals surface area contributed by atoms with Gasteiger partial charge in [-0.2, -0.15) is 0 Å². The van der Waals surface area contributed by atoms with Gasteiger partial charge in [-0.25, -0.2) is 0 Å². The molecule has 0 bridgehead atoms. The van der Waals surface area contributed by atoms with Crippen LogP contribution in [0.25, 0.3) is 0 Å². The van der Waals surface area contributed by atoms with Crippen molar-refractivity contribution in [3.63, 3.8) is 0 Å². The summed E-state index contributed by atoms with van der Waals surface area (Å²) in [5, 5.41) is 86.8. The van der Waals surface area contributed by atoms with E-state index in [9.17, 15) is 50.4 Å². The second-order valence-electron chi connectivity index (χ2n) is 9.79. The predicted molar refractivity (Wildman–Crippen MR) is 123 cm³/mol. The van der Waals surface area contributed by atoms with Crippen molar-refractivity contribution < 1.29 is 74.1 Å². The van der Waals surface area contributed by atoms with Crippen LogP contribution in [0.15, 0.2) is 0 Å². The van der Waals surface area contributed by atoms with Gasteiger partial charge in [0.1, 0.15) is 67.0 Å². The van der Waals surface area contributed by atoms with Gasteiger partial charge in [0.05, 0.1) is 19.3 Å². The van der Waals surface area contributed by atoms with Crippen LogP contribution in [0.5, 0.6) is 0 Å². The Labute approximate surface area is 223 Å². The Hall–Kier alpha value is -1.58. The lowest BCUT2D eigenvalue weighted by Crippen LogP contribution is -2.70. The molecular weight excluding hydrogens is 532 g/mol. The van der Waals surface area contributed by atoms with Gasteiger partial charge in [0.15, 0.2) is 18.9 Å². The monoisotopic (exact) mass is 570 g/mol. The summed E-state index contributed by atoms with van der Waals surface area (Å²) in [6.07, 6.45) is -20.0. The Kier molecular flexibility index (Phi) is 11.0. The molecule has 2 amide bonds. The molecular formula is C22H38N2O15. The zero-order chi connectivity index (χ0) is 29.2. The van der Waals surface area contributed by atoms with Gasteiger partial charge in [0.2, 0.25) is 11.8 Å². The highest BCUT2D eigenvalue weighted by molar-refractivity contribution is 5.73. The molecule has 226 valence electrons. The van der Waals surface area contributed by atoms with Crippen LogP contribution in [0.3, 0.4) is 0 Å². The van der Waals surface area contributed by atoms with E-state index in [0.29, 0.717) is 0 Å². The first-order chi connectivity index (χ1) is 18.3. The lowest BCUT2D eigenvalue weighted by atomic mass is 9.94. The minimum Gasteiger partial charge on any atom is -0.394 e. The summed E-state index contributed by atoms with van der Waals surface area (Å²) in [6.45, 7) is 2.21. The third-order valence-electron chi connectivity index (χ3n) is 6.86. The van der Waals surface area contributed by atoms with Gasteiger partial charge in [-0.1, -0.05) is 0 Å². The number of aliphatic hydroxyl groups excluding tert-OH is 8. The maximum Gasteiger partial charge on any atom is 0.217 e. The molecule has 3 aliphatic rings. The number of ether oxygens (including phenoxy) is 5. The molecule has 3 saturated heterocycles. The van der Waals surface area contributed by atoms with Crippen molar-refractivity contribution in [3.8, 4) is 0 Å². The fraction of sp³-hybridized carbons (Fsp3) is 0.909. The Morgan fingerprint density at radius 2 is 1.18 bits per heavy atom. The van der Waals surface area contributed by atoms with E-state index in [4.69, 9.17) is 23.7 Å². The average Bonchev–Trinajstić information content (AvgIpc) is 2.87. The Balaban J connectivity index is 1.92. The fourth-order valence-corrected chi connectivity index (χ4v) is 4.80. The molecule has 0 saturated carbocycles. The molecule has 0 unspecified atom stereocenters. The molecule has 0 aromatic heterocycles. The number of carbonyl (C=O) groups is 2. The minimum absolute atomic E-state index is 0.599. The molecule has 0 aromatic carbocycles. The number of hydrogen-bond acceptors (Lipinski definition) is 15. The third-order valence-corrected chi connectivity index (χ3v) is 6.86. The zero-order valence-corrected chi connectivity index (χ0v) is 21.5. The van der Waals surface area contributed by atoms with Gasteiger partial charge in [-0.3, -0.25) is 9.59 Å². The molecule has 3 heterocycles. The van der Waals surface area contributed by atoms with Crippen LogP contribution < -0.4 is 10.6 Å². The fourth-order valence-electron chi connectivity index (χ4n) is 4.80. The molecule has 3 fully saturated rings. The van der Waals surface area contributed by atoms with Crippen molar-refractivity contribution in [1.29, 1.82) is 0 Å². The molecule has 17 nitrogen and oxygen atoms in total. The van der Waals surface area contributed by atoms with E-state index in [-0.39, 0.29) is 0 Å². The minimum atomic E-state index is -1.87. The molecule has 0 radical (unpaired) electrons. The topological polar surface area (TPSA) is 266 Å². The predicted octanol–water partition coefficient (Wildman–Crippen LogP) is -6.26. The summed E-state index contributed by atoms with van der Waals surface area (Å²) in [5.74, 6) is -1.26. The molecule has 17 heteroatoms. The van der Waals surface area contributed by atoms with E-state index in [0.717, 1.165) is 13.8 Å². The molecule has 10 N–H and O–H groups in total. The normalized spacial score (nSPS) is 46.9. The molecule has 15 atom stereocenters. The second-order valence-corrected chi connectivity index (χ2v) is 9.79. The summed E-state index contributed by atoms with van der Waals surface area (Å²) < 4.78 is 27.9. The van der Waals surface area contributed by atoms with Crippen molar-refractivity contribution in [2.45, 2.75) is 113 Å². The first kappa shape index (κ1) is 31.9. The van der Waals surface area contributed by atoms with Crippen LogP contribution in [0.1, 0.15) is 20.8 Å². The van der Waals surface area contributed by atoms with Crippen LogP contribution in [0.4, 0.5) is 0 Å². The van der Waals surface area contributed by atoms with E-state index in [1.165, 1.54) is 6.92 Å². The summed E-state index contributed by atoms with van der Waals surface area (Å²) in [6, 6.07) is -2.75. The maximum absolute atomic E-state index is 12.1. The smallest absolute Gasteiger partial charge is 0.217 e. The number of nitrogens with one attached hydrogen (secondary N) is 2. The summed E-state index contributed by atoms with van der Waals surface area (Å²) in [7, 11) is 0. The van der Waals surface area contributed by atoms with Crippen LogP contribution >= 0.6 is 0 Å². The van der Waals surface area contributed by atoms with Crippen molar-refractivity contribution >= 4 is 11.8 Å². The van der Waals surface area contributed by atoms with Crippen molar-refractivity contribution in [2.75, 3.05) is 13.2 Å². The van der Waals surface area contributed by atoms with Crippen molar-refractivity contribution in [1.82, 2.24) is 10.6 Å². The zero-order valence-electron chi connectivity index (χ0n) is 21.5. The lowest BCUT2D eigenvalue weighted by Gasteiger charge is -2.49. The first-order valence-electron chi connectivity index (χ1n) is 12.4. The first-order valence-corrected chi connectivity index (χ1v) is 12.4. The van der Waals surface area contributed by atoms with Crippen LogP contribution in [-0.4, -0.2) is 158 Å². The lowest BCUT2D eigenvalue weighted by molar-refractivity contribution is -0.360. The maximum atomic E-state index is 12.1. The molecule has 0 aromatic rings. The Bertz CT molecular complexity index is 837. The highest BCUT2D eigenvalue weighted by atomic mass is 16.7. The highest BCUT2D eigenvalue weighted by Crippen LogP contribution is 2.32. The Morgan fingerprint density at radius 3 is 1.74 bits per heavy atom. The molecule has 3 aliphatic heterocycles. The number of hydrogen-bond donors (Lipinski definition) is 10. The van der Waals surface area contributed by atoms with E-state index >= 15 is 0 Å².